The lowest BCUT2D eigenvalue weighted by atomic mass is 10.6. The standard InChI is InChI=1S/C4H11I2N2O3P/c1-8(2)4-3-7-12(9,10-5)11-6/h3-4H2,1-2H3,(H,7,9). The topological polar surface area (TPSA) is 50.8 Å². The molecular weight excluding hydrogens is 409 g/mol. The Labute approximate surface area is 101 Å². The van der Waals surface area contributed by atoms with Gasteiger partial charge in [0, 0.05) is 13.1 Å². The number of nitrogens with zero attached hydrogens (tertiary/aromatic N) is 1. The molecule has 5 nitrogen and oxygen atoms in total. The highest BCUT2D eigenvalue weighted by molar-refractivity contribution is 14.1. The molecule has 12 heavy (non-hydrogen) atoms. The summed E-state index contributed by atoms with van der Waals surface area (Å²) >= 11 is 3.11. The first-order valence-electron chi connectivity index (χ1n) is 3.14. The lowest BCUT2D eigenvalue weighted by Gasteiger charge is -2.14. The Bertz CT molecular complexity index is 160. The van der Waals surface area contributed by atoms with Gasteiger partial charge in [-0.1, -0.05) is 0 Å². The van der Waals surface area contributed by atoms with Crippen LogP contribution in [0.4, 0.5) is 0 Å². The zero-order valence-electron chi connectivity index (χ0n) is 6.79. The van der Waals surface area contributed by atoms with Crippen molar-refractivity contribution >= 4 is 53.8 Å². The Morgan fingerprint density at radius 3 is 2.25 bits per heavy atom. The summed E-state index contributed by atoms with van der Waals surface area (Å²) in [5.74, 6) is 0. The van der Waals surface area contributed by atoms with Crippen LogP contribution >= 0.6 is 53.8 Å². The van der Waals surface area contributed by atoms with E-state index in [-0.39, 0.29) is 0 Å². The molecule has 0 spiro atoms. The minimum atomic E-state index is -3.04. The zero-order chi connectivity index (χ0) is 9.61. The second-order valence-electron chi connectivity index (χ2n) is 2.35. The summed E-state index contributed by atoms with van der Waals surface area (Å²) in [6.45, 7) is 1.35. The molecule has 74 valence electrons. The average molecular weight is 420 g/mol. The summed E-state index contributed by atoms with van der Waals surface area (Å²) in [5, 5.41) is 2.68. The molecule has 0 amide bonds. The highest BCUT2D eigenvalue weighted by atomic mass is 127. The molecular formula is C4H11I2N2O3P. The Balaban J connectivity index is 3.67. The summed E-state index contributed by atoms with van der Waals surface area (Å²) in [5.41, 5.74) is 0. The van der Waals surface area contributed by atoms with Crippen molar-refractivity contribution in [1.29, 1.82) is 0 Å². The third kappa shape index (κ3) is 6.06. The van der Waals surface area contributed by atoms with Gasteiger partial charge in [0.05, 0.1) is 0 Å². The third-order valence-corrected chi connectivity index (χ3v) is 5.13. The van der Waals surface area contributed by atoms with Gasteiger partial charge in [-0.25, -0.2) is 15.4 Å². The maximum atomic E-state index is 11.3. The summed E-state index contributed by atoms with van der Waals surface area (Å²) in [6.07, 6.45) is 0. The van der Waals surface area contributed by atoms with Crippen molar-refractivity contribution < 1.29 is 10.3 Å². The van der Waals surface area contributed by atoms with Gasteiger partial charge >= 0.3 is 7.75 Å². The first kappa shape index (κ1) is 13.5. The Kier molecular flexibility index (Phi) is 7.79. The van der Waals surface area contributed by atoms with Crippen molar-refractivity contribution in [1.82, 2.24) is 9.99 Å². The van der Waals surface area contributed by atoms with Crippen molar-refractivity contribution in [3.8, 4) is 0 Å². The molecule has 0 rings (SSSR count). The van der Waals surface area contributed by atoms with Crippen LogP contribution in [0.2, 0.25) is 0 Å². The predicted octanol–water partition coefficient (Wildman–Crippen LogP) is 1.98. The summed E-state index contributed by atoms with van der Waals surface area (Å²) in [6, 6.07) is 0. The SMILES string of the molecule is CN(C)CCNP(=O)(OI)OI. The van der Waals surface area contributed by atoms with Crippen LogP contribution < -0.4 is 5.09 Å². The Morgan fingerprint density at radius 2 is 1.92 bits per heavy atom. The third-order valence-electron chi connectivity index (χ3n) is 1.05. The normalized spacial score (nSPS) is 12.4. The molecule has 0 aromatic carbocycles. The van der Waals surface area contributed by atoms with Gasteiger partial charge in [-0.15, -0.1) is 0 Å². The minimum absolute atomic E-state index is 0.566. The fourth-order valence-electron chi connectivity index (χ4n) is 0.470. The molecule has 0 radical (unpaired) electrons. The van der Waals surface area contributed by atoms with Gasteiger partial charge in [-0.2, -0.15) is 0 Å². The molecule has 8 heteroatoms. The maximum Gasteiger partial charge on any atom is 0.424 e. The van der Waals surface area contributed by atoms with Crippen LogP contribution in [0.3, 0.4) is 0 Å². The van der Waals surface area contributed by atoms with Crippen LogP contribution in [-0.2, 0) is 10.3 Å². The molecule has 0 aromatic rings. The highest BCUT2D eigenvalue weighted by Crippen LogP contribution is 2.47. The van der Waals surface area contributed by atoms with Crippen LogP contribution in [0.1, 0.15) is 0 Å². The smallest absolute Gasteiger partial charge is 0.308 e. The van der Waals surface area contributed by atoms with E-state index in [2.05, 4.69) is 10.8 Å². The number of rotatable bonds is 6. The van der Waals surface area contributed by atoms with Gasteiger partial charge in [0.15, 0.2) is 0 Å². The molecule has 0 aliphatic rings. The minimum Gasteiger partial charge on any atom is -0.308 e. The van der Waals surface area contributed by atoms with E-state index in [9.17, 15) is 4.57 Å². The van der Waals surface area contributed by atoms with Crippen LogP contribution in [0.25, 0.3) is 0 Å². The van der Waals surface area contributed by atoms with Crippen molar-refractivity contribution in [2.24, 2.45) is 0 Å². The zero-order valence-corrected chi connectivity index (χ0v) is 12.0. The highest BCUT2D eigenvalue weighted by Gasteiger charge is 2.21. The van der Waals surface area contributed by atoms with Crippen LogP contribution in [-0.4, -0.2) is 32.1 Å². The molecule has 0 aliphatic heterocycles. The second kappa shape index (κ2) is 6.91. The summed E-state index contributed by atoms with van der Waals surface area (Å²) in [7, 11) is 0.825. The van der Waals surface area contributed by atoms with Gasteiger partial charge in [0.2, 0.25) is 0 Å². The quantitative estimate of drug-likeness (QED) is 0.527. The molecule has 0 aliphatic carbocycles. The maximum absolute atomic E-state index is 11.3. The van der Waals surface area contributed by atoms with Gasteiger partial charge in [-0.05, 0) is 14.1 Å². The number of nitrogens with one attached hydrogen (secondary N) is 1. The number of likely N-dealkylation sites (N-methyl/N-ethyl adjacent to an activating group) is 1. The Morgan fingerprint density at radius 1 is 1.42 bits per heavy atom. The van der Waals surface area contributed by atoms with Gasteiger partial charge in [0.1, 0.15) is 46.0 Å². The lowest BCUT2D eigenvalue weighted by molar-refractivity contribution is 0.397. The Hall–Kier alpha value is 1.53. The van der Waals surface area contributed by atoms with Crippen molar-refractivity contribution in [2.45, 2.75) is 0 Å². The molecule has 0 aromatic heterocycles. The summed E-state index contributed by atoms with van der Waals surface area (Å²) < 4.78 is 20.6. The van der Waals surface area contributed by atoms with E-state index in [4.69, 9.17) is 0 Å². The van der Waals surface area contributed by atoms with E-state index >= 15 is 0 Å². The monoisotopic (exact) mass is 420 g/mol. The van der Waals surface area contributed by atoms with E-state index in [1.807, 2.05) is 19.0 Å². The van der Waals surface area contributed by atoms with E-state index in [1.54, 1.807) is 46.0 Å². The lowest BCUT2D eigenvalue weighted by Crippen LogP contribution is -2.24. The van der Waals surface area contributed by atoms with Crippen molar-refractivity contribution in [2.75, 3.05) is 27.2 Å². The average Bonchev–Trinajstić information content (AvgIpc) is 2.03. The van der Waals surface area contributed by atoms with Crippen molar-refractivity contribution in [3.63, 3.8) is 0 Å². The molecule has 0 saturated carbocycles. The van der Waals surface area contributed by atoms with Gasteiger partial charge in [0.25, 0.3) is 0 Å². The molecule has 0 heterocycles. The van der Waals surface area contributed by atoms with Crippen LogP contribution in [0, 0.1) is 0 Å². The molecule has 1 N–H and O–H groups in total. The number of halogens is 2. The second-order valence-corrected chi connectivity index (χ2v) is 6.30. The molecule has 0 bridgehead atoms. The largest absolute Gasteiger partial charge is 0.424 e. The molecule has 0 fully saturated rings. The van der Waals surface area contributed by atoms with E-state index < -0.39 is 7.75 Å². The van der Waals surface area contributed by atoms with E-state index in [1.165, 1.54) is 0 Å². The van der Waals surface area contributed by atoms with Gasteiger partial charge < -0.3 is 4.90 Å². The van der Waals surface area contributed by atoms with Crippen molar-refractivity contribution in [3.05, 3.63) is 0 Å². The fourth-order valence-corrected chi connectivity index (χ4v) is 3.20. The summed E-state index contributed by atoms with van der Waals surface area (Å²) in [4.78, 5) is 1.97. The van der Waals surface area contributed by atoms with E-state index in [0.29, 0.717) is 6.54 Å². The van der Waals surface area contributed by atoms with E-state index in [0.717, 1.165) is 6.54 Å². The number of hydrogen-bond acceptors (Lipinski definition) is 4. The van der Waals surface area contributed by atoms with Gasteiger partial charge in [-0.3, -0.25) is 0 Å². The fraction of sp³-hybridized carbons (Fsp3) is 1.00. The molecule has 0 unspecified atom stereocenters. The molecule has 0 saturated heterocycles. The first-order valence-corrected chi connectivity index (χ1v) is 6.45. The molecule has 0 atom stereocenters. The van der Waals surface area contributed by atoms with Crippen LogP contribution in [0.5, 0.6) is 0 Å². The van der Waals surface area contributed by atoms with Crippen LogP contribution in [0.15, 0.2) is 0 Å². The number of hydrogen-bond donors (Lipinski definition) is 1. The predicted molar refractivity (Wildman–Crippen MR) is 64.4 cm³/mol. The first-order chi connectivity index (χ1) is 5.54.